The Balaban J connectivity index is 1.88. The number of carbonyl (C=O) groups excluding carboxylic acids is 2. The lowest BCUT2D eigenvalue weighted by molar-refractivity contribution is -0.862. The number of carbonyl (C=O) groups is 2. The van der Waals surface area contributed by atoms with E-state index in [-0.39, 0.29) is 24.7 Å². The molecule has 0 aliphatic carbocycles. The third kappa shape index (κ3) is 6.09. The summed E-state index contributed by atoms with van der Waals surface area (Å²) in [4.78, 5) is 24.9. The number of quaternary nitrogens is 1. The fourth-order valence-electron chi connectivity index (χ4n) is 2.67. The third-order valence-corrected chi connectivity index (χ3v) is 4.28. The van der Waals surface area contributed by atoms with Crippen LogP contribution in [0.1, 0.15) is 16.7 Å². The summed E-state index contributed by atoms with van der Waals surface area (Å²) in [5.41, 5.74) is 1.97. The van der Waals surface area contributed by atoms with Gasteiger partial charge >= 0.3 is 6.18 Å². The first-order valence-corrected chi connectivity index (χ1v) is 8.70. The molecule has 0 spiro atoms. The number of hydrogen-bond acceptors (Lipinski definition) is 2. The molecule has 2 amide bonds. The lowest BCUT2D eigenvalue weighted by Crippen LogP contribution is -3.11. The van der Waals surface area contributed by atoms with Gasteiger partial charge in [0.2, 0.25) is 0 Å². The van der Waals surface area contributed by atoms with Gasteiger partial charge in [0.15, 0.2) is 13.1 Å². The minimum Gasteiger partial charge on any atom is -0.322 e. The van der Waals surface area contributed by atoms with Gasteiger partial charge in [-0.1, -0.05) is 18.2 Å². The summed E-state index contributed by atoms with van der Waals surface area (Å²) in [6, 6.07) is 10.0. The number of aryl methyl sites for hydroxylation is 1. The molecule has 2 aromatic carbocycles. The van der Waals surface area contributed by atoms with E-state index in [1.54, 1.807) is 13.1 Å². The molecule has 0 aliphatic heterocycles. The monoisotopic (exact) mass is 394 g/mol. The minimum absolute atomic E-state index is 0.0450. The van der Waals surface area contributed by atoms with Crippen LogP contribution in [0.3, 0.4) is 0 Å². The van der Waals surface area contributed by atoms with E-state index >= 15 is 0 Å². The Kier molecular flexibility index (Phi) is 6.80. The molecule has 0 bridgehead atoms. The van der Waals surface area contributed by atoms with E-state index in [4.69, 9.17) is 0 Å². The molecule has 150 valence electrons. The average Bonchev–Trinajstić information content (AvgIpc) is 2.58. The molecule has 0 saturated heterocycles. The standard InChI is InChI=1S/C20H22F3N3O2/c1-13-6-4-9-17(14(13)2)25-19(28)12-26(3)11-18(27)24-16-8-5-7-15(10-16)20(21,22)23/h4-10H,11-12H2,1-3H3,(H,24,27)(H,25,28)/p+1. The van der Waals surface area contributed by atoms with Crippen molar-refractivity contribution >= 4 is 23.2 Å². The van der Waals surface area contributed by atoms with Crippen LogP contribution >= 0.6 is 0 Å². The smallest absolute Gasteiger partial charge is 0.322 e. The Morgan fingerprint density at radius 2 is 1.57 bits per heavy atom. The third-order valence-electron chi connectivity index (χ3n) is 4.28. The number of likely N-dealkylation sites (N-methyl/N-ethyl adjacent to an activating group) is 1. The summed E-state index contributed by atoms with van der Waals surface area (Å²) in [5, 5.41) is 5.25. The van der Waals surface area contributed by atoms with Crippen molar-refractivity contribution in [1.82, 2.24) is 0 Å². The van der Waals surface area contributed by atoms with Gasteiger partial charge in [0.25, 0.3) is 11.8 Å². The van der Waals surface area contributed by atoms with E-state index < -0.39 is 17.6 Å². The predicted molar refractivity (Wildman–Crippen MR) is 101 cm³/mol. The van der Waals surface area contributed by atoms with Gasteiger partial charge in [-0.25, -0.2) is 0 Å². The summed E-state index contributed by atoms with van der Waals surface area (Å²) >= 11 is 0. The van der Waals surface area contributed by atoms with E-state index in [0.29, 0.717) is 10.6 Å². The second-order valence-corrected chi connectivity index (χ2v) is 6.73. The Labute approximate surface area is 161 Å². The van der Waals surface area contributed by atoms with Crippen molar-refractivity contribution < 1.29 is 27.7 Å². The van der Waals surface area contributed by atoms with Gasteiger partial charge in [0.1, 0.15) is 0 Å². The molecule has 8 heteroatoms. The van der Waals surface area contributed by atoms with Gasteiger partial charge in [-0.15, -0.1) is 0 Å². The van der Waals surface area contributed by atoms with Crippen LogP contribution in [0.25, 0.3) is 0 Å². The first kappa shape index (κ1) is 21.4. The number of hydrogen-bond donors (Lipinski definition) is 3. The van der Waals surface area contributed by atoms with Gasteiger partial charge in [-0.3, -0.25) is 9.59 Å². The van der Waals surface area contributed by atoms with Gasteiger partial charge < -0.3 is 15.5 Å². The number of nitrogens with one attached hydrogen (secondary N) is 3. The molecule has 2 rings (SSSR count). The minimum atomic E-state index is -4.48. The van der Waals surface area contributed by atoms with Crippen molar-refractivity contribution in [1.29, 1.82) is 0 Å². The van der Waals surface area contributed by atoms with Gasteiger partial charge in [-0.05, 0) is 49.2 Å². The lowest BCUT2D eigenvalue weighted by Gasteiger charge is -2.15. The highest BCUT2D eigenvalue weighted by Gasteiger charge is 2.30. The molecule has 28 heavy (non-hydrogen) atoms. The van der Waals surface area contributed by atoms with Crippen LogP contribution in [0.15, 0.2) is 42.5 Å². The molecule has 1 unspecified atom stereocenters. The zero-order valence-electron chi connectivity index (χ0n) is 15.9. The van der Waals surface area contributed by atoms with Crippen LogP contribution in [-0.2, 0) is 15.8 Å². The molecule has 0 aliphatic rings. The molecule has 0 aromatic heterocycles. The zero-order chi connectivity index (χ0) is 20.9. The van der Waals surface area contributed by atoms with E-state index in [1.807, 2.05) is 26.0 Å². The fourth-order valence-corrected chi connectivity index (χ4v) is 2.67. The zero-order valence-corrected chi connectivity index (χ0v) is 15.9. The van der Waals surface area contributed by atoms with Crippen LogP contribution in [0.2, 0.25) is 0 Å². The molecule has 2 aromatic rings. The van der Waals surface area contributed by atoms with E-state index in [0.717, 1.165) is 23.3 Å². The molecule has 0 radical (unpaired) electrons. The summed E-state index contributed by atoms with van der Waals surface area (Å²) in [6.45, 7) is 3.84. The summed E-state index contributed by atoms with van der Waals surface area (Å²) in [7, 11) is 1.66. The van der Waals surface area contributed by atoms with E-state index in [2.05, 4.69) is 10.6 Å². The highest BCUT2D eigenvalue weighted by Crippen LogP contribution is 2.30. The van der Waals surface area contributed by atoms with Crippen LogP contribution in [0.4, 0.5) is 24.5 Å². The highest BCUT2D eigenvalue weighted by atomic mass is 19.4. The fraction of sp³-hybridized carbons (Fsp3) is 0.300. The highest BCUT2D eigenvalue weighted by molar-refractivity contribution is 5.93. The van der Waals surface area contributed by atoms with Crippen LogP contribution < -0.4 is 15.5 Å². The van der Waals surface area contributed by atoms with Crippen molar-refractivity contribution in [3.8, 4) is 0 Å². The number of halogens is 3. The number of anilines is 2. The SMILES string of the molecule is Cc1cccc(NC(=O)C[NH+](C)CC(=O)Nc2cccc(C(F)(F)F)c2)c1C. The number of benzene rings is 2. The Morgan fingerprint density at radius 1 is 0.964 bits per heavy atom. The molecule has 5 nitrogen and oxygen atoms in total. The molecular formula is C20H23F3N3O2+. The maximum absolute atomic E-state index is 12.7. The maximum atomic E-state index is 12.7. The molecule has 3 N–H and O–H groups in total. The predicted octanol–water partition coefficient (Wildman–Crippen LogP) is 2.41. The van der Waals surface area contributed by atoms with E-state index in [1.165, 1.54) is 12.1 Å². The van der Waals surface area contributed by atoms with E-state index in [9.17, 15) is 22.8 Å². The van der Waals surface area contributed by atoms with Crippen LogP contribution in [0.5, 0.6) is 0 Å². The number of alkyl halides is 3. The topological polar surface area (TPSA) is 62.6 Å². The largest absolute Gasteiger partial charge is 0.416 e. The molecule has 0 fully saturated rings. The lowest BCUT2D eigenvalue weighted by atomic mass is 10.1. The van der Waals surface area contributed by atoms with Crippen molar-refractivity contribution in [2.45, 2.75) is 20.0 Å². The number of amides is 2. The normalized spacial score (nSPS) is 12.4. The molecule has 0 heterocycles. The summed E-state index contributed by atoms with van der Waals surface area (Å²) in [5.74, 6) is -0.727. The second kappa shape index (κ2) is 8.88. The van der Waals surface area contributed by atoms with Crippen molar-refractivity contribution in [3.63, 3.8) is 0 Å². The van der Waals surface area contributed by atoms with Crippen LogP contribution in [0, 0.1) is 13.8 Å². The molecule has 1 atom stereocenters. The molecular weight excluding hydrogens is 371 g/mol. The first-order chi connectivity index (χ1) is 13.1. The van der Waals surface area contributed by atoms with Crippen molar-refractivity contribution in [3.05, 3.63) is 59.2 Å². The Bertz CT molecular complexity index is 866. The maximum Gasteiger partial charge on any atom is 0.416 e. The quantitative estimate of drug-likeness (QED) is 0.705. The Morgan fingerprint density at radius 3 is 2.21 bits per heavy atom. The van der Waals surface area contributed by atoms with Crippen molar-refractivity contribution in [2.75, 3.05) is 30.8 Å². The average molecular weight is 394 g/mol. The van der Waals surface area contributed by atoms with Crippen LogP contribution in [-0.4, -0.2) is 32.0 Å². The summed E-state index contributed by atoms with van der Waals surface area (Å²) < 4.78 is 38.2. The van der Waals surface area contributed by atoms with Gasteiger partial charge in [0.05, 0.1) is 12.6 Å². The second-order valence-electron chi connectivity index (χ2n) is 6.73. The summed E-state index contributed by atoms with van der Waals surface area (Å²) in [6.07, 6.45) is -4.48. The van der Waals surface area contributed by atoms with Gasteiger partial charge in [-0.2, -0.15) is 13.2 Å². The Hall–Kier alpha value is -2.87. The van der Waals surface area contributed by atoms with Gasteiger partial charge in [0, 0.05) is 11.4 Å². The molecule has 0 saturated carbocycles. The first-order valence-electron chi connectivity index (χ1n) is 8.70. The number of rotatable bonds is 6. The van der Waals surface area contributed by atoms with Crippen molar-refractivity contribution in [2.24, 2.45) is 0 Å².